The molecule has 53 heavy (non-hydrogen) atoms. The average Bonchev–Trinajstić information content (AvgIpc) is 3.13. The molecule has 1 fully saturated rings. The largest absolute Gasteiger partial charge is 0.394 e. The van der Waals surface area contributed by atoms with Crippen molar-refractivity contribution in [3.05, 3.63) is 35.9 Å². The first kappa shape index (κ1) is 44.4. The van der Waals surface area contributed by atoms with Gasteiger partial charge in [0.25, 0.3) is 0 Å². The van der Waals surface area contributed by atoms with Crippen LogP contribution in [0.1, 0.15) is 44.6 Å². The molecule has 1 unspecified atom stereocenters. The van der Waals surface area contributed by atoms with Crippen molar-refractivity contribution < 1.29 is 54.0 Å². The van der Waals surface area contributed by atoms with Crippen LogP contribution in [0.3, 0.4) is 0 Å². The second-order valence-corrected chi connectivity index (χ2v) is 12.7. The average molecular weight is 752 g/mol. The van der Waals surface area contributed by atoms with Crippen molar-refractivity contribution in [2.45, 2.75) is 93.8 Å². The zero-order chi connectivity index (χ0) is 39.5. The Labute approximate surface area is 306 Å². The fourth-order valence-electron chi connectivity index (χ4n) is 5.23. The van der Waals surface area contributed by atoms with Crippen molar-refractivity contribution in [2.24, 2.45) is 11.5 Å². The number of carbonyl (C=O) groups excluding carboxylic acids is 7. The van der Waals surface area contributed by atoms with Crippen molar-refractivity contribution in [1.29, 1.82) is 0 Å². The summed E-state index contributed by atoms with van der Waals surface area (Å²) >= 11 is 0. The SMILES string of the molecule is CC(O)[C@@H]1NC(=O)[C@@H](NC(=O)[C@@H](N)CO)CCC(=O)NCCCC[C@@H](C(=O)N[C@@H](CO)C(=O)N[C@@H](Cc2ccccc2)C(N)=O)NC[C@H](CO)NC1=O. The molecule has 0 aliphatic carbocycles. The van der Waals surface area contributed by atoms with Gasteiger partial charge in [-0.2, -0.15) is 0 Å². The van der Waals surface area contributed by atoms with E-state index in [-0.39, 0.29) is 38.8 Å². The fourth-order valence-corrected chi connectivity index (χ4v) is 5.23. The molecule has 0 aromatic heterocycles. The van der Waals surface area contributed by atoms with E-state index in [2.05, 4.69) is 37.2 Å². The van der Waals surface area contributed by atoms with E-state index < -0.39 is 110 Å². The predicted molar refractivity (Wildman–Crippen MR) is 188 cm³/mol. The van der Waals surface area contributed by atoms with Gasteiger partial charge in [0.1, 0.15) is 30.2 Å². The lowest BCUT2D eigenvalue weighted by molar-refractivity contribution is -0.135. The zero-order valence-corrected chi connectivity index (χ0v) is 29.6. The van der Waals surface area contributed by atoms with Crippen molar-refractivity contribution >= 4 is 41.4 Å². The number of amides is 7. The highest BCUT2D eigenvalue weighted by Gasteiger charge is 2.33. The highest BCUT2D eigenvalue weighted by atomic mass is 16.3. The standard InChI is InChI=1S/C33H53N9O11/c1-18(46)27-33(53)38-20(15-43)14-37-22(9-5-6-12-36-26(47)11-10-23(31(51)42-27)39-29(49)21(34)16-44)30(50)41-25(17-45)32(52)40-24(28(35)48)13-19-7-3-2-4-8-19/h2-4,7-8,18,20-25,27,37,43-46H,5-6,9-17,34H2,1H3,(H2,35,48)(H,36,47)(H,38,53)(H,39,49)(H,40,52)(H,41,50)(H,42,51)/t18?,20-,21+,22+,23+,24+,25+,27+/m1/s1. The van der Waals surface area contributed by atoms with Gasteiger partial charge < -0.3 is 69.1 Å². The lowest BCUT2D eigenvalue weighted by Crippen LogP contribution is -2.61. The summed E-state index contributed by atoms with van der Waals surface area (Å²) in [5.41, 5.74) is 11.8. The van der Waals surface area contributed by atoms with E-state index in [4.69, 9.17) is 11.5 Å². The van der Waals surface area contributed by atoms with E-state index in [0.717, 1.165) is 0 Å². The molecule has 1 aliphatic rings. The first-order chi connectivity index (χ1) is 25.2. The van der Waals surface area contributed by atoms with Crippen LogP contribution in [0.2, 0.25) is 0 Å². The molecule has 8 atom stereocenters. The summed E-state index contributed by atoms with van der Waals surface area (Å²) in [6.07, 6.45) is -1.02. The van der Waals surface area contributed by atoms with Gasteiger partial charge in [-0.3, -0.25) is 33.6 Å². The molecule has 0 bridgehead atoms. The molecule has 15 N–H and O–H groups in total. The number of primary amides is 1. The monoisotopic (exact) mass is 751 g/mol. The van der Waals surface area contributed by atoms with E-state index in [0.29, 0.717) is 18.4 Å². The Bertz CT molecular complexity index is 1390. The predicted octanol–water partition coefficient (Wildman–Crippen LogP) is -6.14. The molecule has 0 spiro atoms. The van der Waals surface area contributed by atoms with Crippen LogP contribution in [-0.4, -0.2) is 143 Å². The van der Waals surface area contributed by atoms with Crippen LogP contribution in [0, 0.1) is 0 Å². The first-order valence-corrected chi connectivity index (χ1v) is 17.3. The fraction of sp³-hybridized carbons (Fsp3) is 0.606. The summed E-state index contributed by atoms with van der Waals surface area (Å²) < 4.78 is 0. The van der Waals surface area contributed by atoms with Gasteiger partial charge in [-0.1, -0.05) is 30.3 Å². The molecule has 296 valence electrons. The molecule has 20 nitrogen and oxygen atoms in total. The van der Waals surface area contributed by atoms with Crippen LogP contribution in [0.4, 0.5) is 0 Å². The molecule has 7 amide bonds. The third kappa shape index (κ3) is 15.4. The zero-order valence-electron chi connectivity index (χ0n) is 29.6. The summed E-state index contributed by atoms with van der Waals surface area (Å²) in [5, 5.41) is 57.3. The number of nitrogens with one attached hydrogen (secondary N) is 7. The van der Waals surface area contributed by atoms with Crippen LogP contribution in [0.5, 0.6) is 0 Å². The maximum Gasteiger partial charge on any atom is 0.245 e. The molecule has 2 rings (SSSR count). The Balaban J connectivity index is 2.22. The number of carbonyl (C=O) groups is 7. The second kappa shape index (κ2) is 23.0. The summed E-state index contributed by atoms with van der Waals surface area (Å²) in [7, 11) is 0. The van der Waals surface area contributed by atoms with E-state index in [1.807, 2.05) is 0 Å². The molecule has 1 aromatic carbocycles. The minimum atomic E-state index is -1.59. The van der Waals surface area contributed by atoms with Gasteiger partial charge in [0.15, 0.2) is 0 Å². The molecule has 1 heterocycles. The summed E-state index contributed by atoms with van der Waals surface area (Å²) in [6, 6.07) is -0.306. The molecule has 0 radical (unpaired) electrons. The van der Waals surface area contributed by atoms with Gasteiger partial charge in [0, 0.05) is 25.9 Å². The molecule has 1 aliphatic heterocycles. The lowest BCUT2D eigenvalue weighted by atomic mass is 10.0. The second-order valence-electron chi connectivity index (χ2n) is 12.7. The maximum atomic E-state index is 13.5. The van der Waals surface area contributed by atoms with Gasteiger partial charge in [-0.15, -0.1) is 0 Å². The van der Waals surface area contributed by atoms with Crippen LogP contribution < -0.4 is 48.7 Å². The number of hydrogen-bond donors (Lipinski definition) is 13. The third-order valence-electron chi connectivity index (χ3n) is 8.38. The number of rotatable bonds is 13. The summed E-state index contributed by atoms with van der Waals surface area (Å²) in [6.45, 7) is -1.02. The van der Waals surface area contributed by atoms with E-state index in [1.54, 1.807) is 30.3 Å². The van der Waals surface area contributed by atoms with Gasteiger partial charge in [-0.25, -0.2) is 0 Å². The van der Waals surface area contributed by atoms with Crippen molar-refractivity contribution in [3.8, 4) is 0 Å². The Morgan fingerprint density at radius 1 is 0.906 bits per heavy atom. The maximum absolute atomic E-state index is 13.5. The van der Waals surface area contributed by atoms with Crippen molar-refractivity contribution in [2.75, 3.05) is 32.9 Å². The first-order valence-electron chi connectivity index (χ1n) is 17.3. The smallest absolute Gasteiger partial charge is 0.245 e. The number of aliphatic hydroxyl groups excluding tert-OH is 4. The highest BCUT2D eigenvalue weighted by molar-refractivity contribution is 5.94. The highest BCUT2D eigenvalue weighted by Crippen LogP contribution is 2.07. The molecular formula is C33H53N9O11. The summed E-state index contributed by atoms with van der Waals surface area (Å²) in [4.78, 5) is 90.0. The van der Waals surface area contributed by atoms with Crippen molar-refractivity contribution in [1.82, 2.24) is 37.2 Å². The molecule has 0 saturated carbocycles. The van der Waals surface area contributed by atoms with E-state index in [9.17, 15) is 54.0 Å². The summed E-state index contributed by atoms with van der Waals surface area (Å²) in [5.74, 6) is -5.66. The van der Waals surface area contributed by atoms with Gasteiger partial charge in [0.2, 0.25) is 41.4 Å². The lowest BCUT2D eigenvalue weighted by Gasteiger charge is -2.28. The Hall–Kier alpha value is -4.73. The van der Waals surface area contributed by atoms with E-state index in [1.165, 1.54) is 6.92 Å². The third-order valence-corrected chi connectivity index (χ3v) is 8.38. The topological polar surface area (TPSA) is 337 Å². The van der Waals surface area contributed by atoms with Gasteiger partial charge in [-0.05, 0) is 38.2 Å². The number of benzene rings is 1. The minimum Gasteiger partial charge on any atom is -0.394 e. The van der Waals surface area contributed by atoms with Crippen LogP contribution >= 0.6 is 0 Å². The minimum absolute atomic E-state index is 0.0685. The van der Waals surface area contributed by atoms with Crippen LogP contribution in [0.25, 0.3) is 0 Å². The Kier molecular flexibility index (Phi) is 19.3. The van der Waals surface area contributed by atoms with Gasteiger partial charge >= 0.3 is 0 Å². The number of nitrogens with two attached hydrogens (primary N) is 2. The number of aliphatic hydroxyl groups is 4. The Morgan fingerprint density at radius 2 is 1.60 bits per heavy atom. The van der Waals surface area contributed by atoms with Crippen LogP contribution in [0.15, 0.2) is 30.3 Å². The molecule has 20 heteroatoms. The normalized spacial score (nSPS) is 23.2. The van der Waals surface area contributed by atoms with Crippen LogP contribution in [-0.2, 0) is 40.0 Å². The van der Waals surface area contributed by atoms with Crippen molar-refractivity contribution in [3.63, 3.8) is 0 Å². The molecule has 1 aromatic rings. The quantitative estimate of drug-likeness (QED) is 0.0894. The Morgan fingerprint density at radius 3 is 2.21 bits per heavy atom. The number of hydrogen-bond acceptors (Lipinski definition) is 13. The van der Waals surface area contributed by atoms with Gasteiger partial charge in [0.05, 0.1) is 38.0 Å². The molecule has 1 saturated heterocycles. The van der Waals surface area contributed by atoms with E-state index >= 15 is 0 Å². The molecular weight excluding hydrogens is 698 g/mol.